The molecule has 3 aliphatic heterocycles. The van der Waals surface area contributed by atoms with Crippen molar-refractivity contribution in [1.82, 2.24) is 40.2 Å². The van der Waals surface area contributed by atoms with Crippen LogP contribution in [0.2, 0.25) is 0 Å². The predicted molar refractivity (Wildman–Crippen MR) is 207 cm³/mol. The van der Waals surface area contributed by atoms with Gasteiger partial charge in [-0.15, -0.1) is 0 Å². The maximum atomic E-state index is 14.0. The summed E-state index contributed by atoms with van der Waals surface area (Å²) in [5.74, 6) is 0.809. The Morgan fingerprint density at radius 2 is 1.81 bits per heavy atom. The van der Waals surface area contributed by atoms with Crippen LogP contribution in [0.1, 0.15) is 73.5 Å². The van der Waals surface area contributed by atoms with Crippen LogP contribution in [0.25, 0.3) is 16.5 Å². The van der Waals surface area contributed by atoms with E-state index in [4.69, 9.17) is 0 Å². The normalized spacial score (nSPS) is 18.2. The second-order valence-electron chi connectivity index (χ2n) is 14.7. The molecule has 0 bridgehead atoms. The predicted octanol–water partition coefficient (Wildman–Crippen LogP) is 4.77. The molecule has 280 valence electrons. The maximum Gasteiger partial charge on any atom is 0.323 e. The lowest BCUT2D eigenvalue weighted by molar-refractivity contribution is -0.136. The van der Waals surface area contributed by atoms with Crippen LogP contribution in [0.15, 0.2) is 48.7 Å². The van der Waals surface area contributed by atoms with Crippen molar-refractivity contribution >= 4 is 40.1 Å². The van der Waals surface area contributed by atoms with Gasteiger partial charge >= 0.3 is 6.03 Å². The van der Waals surface area contributed by atoms with Gasteiger partial charge in [-0.2, -0.15) is 0 Å². The molecule has 12 nitrogen and oxygen atoms in total. The quantitative estimate of drug-likeness (QED) is 0.213. The molecule has 0 saturated carbocycles. The third-order valence-electron chi connectivity index (χ3n) is 11.4. The van der Waals surface area contributed by atoms with Gasteiger partial charge in [0.05, 0.1) is 0 Å². The molecule has 0 radical (unpaired) electrons. The van der Waals surface area contributed by atoms with Crippen molar-refractivity contribution in [2.45, 2.75) is 70.5 Å². The number of piperidine rings is 2. The minimum absolute atomic E-state index is 0.00600. The van der Waals surface area contributed by atoms with Crippen molar-refractivity contribution in [2.24, 2.45) is 5.92 Å². The summed E-state index contributed by atoms with van der Waals surface area (Å²) in [6, 6.07) is 12.3. The van der Waals surface area contributed by atoms with E-state index in [1.54, 1.807) is 11.1 Å². The number of hydrogen-bond donors (Lipinski definition) is 4. The first-order valence-electron chi connectivity index (χ1n) is 19.2. The summed E-state index contributed by atoms with van der Waals surface area (Å²) in [5.41, 5.74) is 4.79. The summed E-state index contributed by atoms with van der Waals surface area (Å²) in [6.07, 6.45) is 9.95. The summed E-state index contributed by atoms with van der Waals surface area (Å²) < 4.78 is 0. The molecule has 52 heavy (non-hydrogen) atoms. The third-order valence-corrected chi connectivity index (χ3v) is 11.4. The van der Waals surface area contributed by atoms with Gasteiger partial charge in [-0.05, 0) is 114 Å². The molecular formula is C40H57N9O3. The standard InChI is InChI=1S/C40H57N9O3/c1-5-31(11-18-41-2)46(3)39(51)37-36(33-8-6-7-9-34(33)44-37)29-16-24-49(25-17-29)38(50)30-14-22-48(23-15-30)27-28-10-21-43-35(26-28)45-40(52)47(4)32-12-19-42-20-13-32/h6-10,16,21,26,30-32,41-42,44H,5,11-15,17-20,22-25,27H2,1-4H3,(H,43,45,52). The highest BCUT2D eigenvalue weighted by molar-refractivity contribution is 6.07. The number of urea groups is 1. The van der Waals surface area contributed by atoms with Crippen molar-refractivity contribution in [2.75, 3.05) is 72.3 Å². The molecule has 0 spiro atoms. The average molecular weight is 712 g/mol. The molecular weight excluding hydrogens is 654 g/mol. The number of hydrogen-bond acceptors (Lipinski definition) is 7. The van der Waals surface area contributed by atoms with Gasteiger partial charge in [0, 0.05) is 74.4 Å². The fourth-order valence-corrected chi connectivity index (χ4v) is 8.11. The number of H-pyrrole nitrogens is 1. The van der Waals surface area contributed by atoms with Crippen molar-refractivity contribution in [3.63, 3.8) is 0 Å². The number of aromatic nitrogens is 2. The van der Waals surface area contributed by atoms with Crippen LogP contribution in [0, 0.1) is 5.92 Å². The van der Waals surface area contributed by atoms with E-state index in [9.17, 15) is 14.4 Å². The van der Waals surface area contributed by atoms with Gasteiger partial charge in [-0.25, -0.2) is 9.78 Å². The van der Waals surface area contributed by atoms with Crippen molar-refractivity contribution in [3.8, 4) is 0 Å². The fourth-order valence-electron chi connectivity index (χ4n) is 8.11. The Kier molecular flexibility index (Phi) is 12.6. The lowest BCUT2D eigenvalue weighted by Gasteiger charge is -2.35. The highest BCUT2D eigenvalue weighted by Crippen LogP contribution is 2.34. The first-order valence-corrected chi connectivity index (χ1v) is 19.2. The molecule has 1 aromatic carbocycles. The molecule has 3 aliphatic rings. The number of carbonyl (C=O) groups is 3. The second kappa shape index (κ2) is 17.5. The van der Waals surface area contributed by atoms with Crippen LogP contribution >= 0.6 is 0 Å². The number of benzene rings is 1. The van der Waals surface area contributed by atoms with Crippen LogP contribution in [-0.2, 0) is 11.3 Å². The molecule has 2 aromatic heterocycles. The molecule has 4 amide bonds. The minimum Gasteiger partial charge on any atom is -0.350 e. The molecule has 4 N–H and O–H groups in total. The average Bonchev–Trinajstić information content (AvgIpc) is 3.58. The van der Waals surface area contributed by atoms with Gasteiger partial charge < -0.3 is 30.3 Å². The molecule has 5 heterocycles. The van der Waals surface area contributed by atoms with Crippen LogP contribution in [0.3, 0.4) is 0 Å². The van der Waals surface area contributed by atoms with E-state index in [0.29, 0.717) is 31.0 Å². The Morgan fingerprint density at radius 3 is 2.52 bits per heavy atom. The van der Waals surface area contributed by atoms with Gasteiger partial charge in [-0.1, -0.05) is 31.2 Å². The molecule has 1 atom stereocenters. The number of fused-ring (bicyclic) bond motifs is 1. The Hall–Kier alpha value is -4.26. The van der Waals surface area contributed by atoms with E-state index in [1.165, 1.54) is 0 Å². The van der Waals surface area contributed by atoms with E-state index < -0.39 is 0 Å². The monoisotopic (exact) mass is 711 g/mol. The number of para-hydroxylation sites is 1. The van der Waals surface area contributed by atoms with E-state index in [-0.39, 0.29) is 35.8 Å². The van der Waals surface area contributed by atoms with Gasteiger partial charge in [0.15, 0.2) is 0 Å². The summed E-state index contributed by atoms with van der Waals surface area (Å²) in [5, 5.41) is 10.6. The highest BCUT2D eigenvalue weighted by atomic mass is 16.2. The van der Waals surface area contributed by atoms with Gasteiger partial charge in [-0.3, -0.25) is 19.8 Å². The first-order chi connectivity index (χ1) is 25.3. The van der Waals surface area contributed by atoms with Crippen molar-refractivity contribution in [3.05, 3.63) is 65.5 Å². The zero-order chi connectivity index (χ0) is 36.6. The SMILES string of the molecule is CCC(CCNC)N(C)C(=O)c1[nH]c2ccccc2c1C1=CCN(C(=O)C2CCN(Cc3ccnc(NC(=O)N(C)C4CCNCC4)c3)CC2)CC1. The summed E-state index contributed by atoms with van der Waals surface area (Å²) >= 11 is 0. The molecule has 3 aromatic rings. The number of likely N-dealkylation sites (tertiary alicyclic amines) is 1. The van der Waals surface area contributed by atoms with E-state index in [0.717, 1.165) is 105 Å². The number of nitrogens with zero attached hydrogens (tertiary/aromatic N) is 5. The molecule has 6 rings (SSSR count). The van der Waals surface area contributed by atoms with E-state index >= 15 is 0 Å². The number of anilines is 1. The van der Waals surface area contributed by atoms with Gasteiger partial charge in [0.25, 0.3) is 5.91 Å². The lowest BCUT2D eigenvalue weighted by atomic mass is 9.92. The van der Waals surface area contributed by atoms with Crippen LogP contribution < -0.4 is 16.0 Å². The number of aromatic amines is 1. The van der Waals surface area contributed by atoms with Crippen LogP contribution in [-0.4, -0.2) is 126 Å². The molecule has 0 aliphatic carbocycles. The minimum atomic E-state index is -0.126. The Bertz CT molecular complexity index is 1720. The Labute approximate surface area is 308 Å². The number of pyridine rings is 1. The summed E-state index contributed by atoms with van der Waals surface area (Å²) in [7, 11) is 5.71. The number of rotatable bonds is 12. The van der Waals surface area contributed by atoms with E-state index in [1.807, 2.05) is 61.3 Å². The van der Waals surface area contributed by atoms with Crippen molar-refractivity contribution < 1.29 is 14.4 Å². The fraction of sp³-hybridized carbons (Fsp3) is 0.550. The van der Waals surface area contributed by atoms with Crippen LogP contribution in [0.4, 0.5) is 10.6 Å². The molecule has 2 fully saturated rings. The zero-order valence-corrected chi connectivity index (χ0v) is 31.4. The molecule has 1 unspecified atom stereocenters. The maximum absolute atomic E-state index is 14.0. The number of nitrogens with one attached hydrogen (secondary N) is 4. The zero-order valence-electron chi connectivity index (χ0n) is 31.4. The van der Waals surface area contributed by atoms with Crippen LogP contribution in [0.5, 0.6) is 0 Å². The molecule has 2 saturated heterocycles. The third kappa shape index (κ3) is 8.67. The summed E-state index contributed by atoms with van der Waals surface area (Å²) in [4.78, 5) is 56.5. The second-order valence-corrected chi connectivity index (χ2v) is 14.7. The Balaban J connectivity index is 1.04. The van der Waals surface area contributed by atoms with Gasteiger partial charge in [0.1, 0.15) is 11.5 Å². The largest absolute Gasteiger partial charge is 0.350 e. The van der Waals surface area contributed by atoms with Gasteiger partial charge in [0.2, 0.25) is 5.91 Å². The first kappa shape index (κ1) is 37.5. The van der Waals surface area contributed by atoms with Crippen molar-refractivity contribution in [1.29, 1.82) is 0 Å². The Morgan fingerprint density at radius 1 is 1.04 bits per heavy atom. The van der Waals surface area contributed by atoms with E-state index in [2.05, 4.69) is 49.9 Å². The lowest BCUT2D eigenvalue weighted by Crippen LogP contribution is -2.45. The molecule has 12 heteroatoms. The smallest absolute Gasteiger partial charge is 0.323 e. The summed E-state index contributed by atoms with van der Waals surface area (Å²) in [6.45, 7) is 8.48. The highest BCUT2D eigenvalue weighted by Gasteiger charge is 2.32. The topological polar surface area (TPSA) is 129 Å². The number of carbonyl (C=O) groups excluding carboxylic acids is 3. The number of amides is 4.